The Labute approximate surface area is 161 Å². The lowest BCUT2D eigenvalue weighted by molar-refractivity contribution is 0.293. The monoisotopic (exact) mass is 378 g/mol. The first-order valence-electron chi connectivity index (χ1n) is 9.27. The van der Waals surface area contributed by atoms with Gasteiger partial charge in [-0.05, 0) is 44.5 Å². The molecular formula is C21H22N4O3. The standard InChI is InChI=1S/C21H22N4O3/c1-13-11-25-12-18(24-20(25)14(2)23-13)17-10-16-4-3-15(5-6-22-7-8-26)9-19(16)28-21(17)27/h3-4,9-12,22,26H,5-8H2,1-2H3. The van der Waals surface area contributed by atoms with Gasteiger partial charge in [-0.2, -0.15) is 0 Å². The largest absolute Gasteiger partial charge is 0.422 e. The molecule has 144 valence electrons. The van der Waals surface area contributed by atoms with E-state index < -0.39 is 5.63 Å². The normalized spacial score (nSPS) is 11.5. The number of aromatic nitrogens is 3. The summed E-state index contributed by atoms with van der Waals surface area (Å²) >= 11 is 0. The number of nitrogens with one attached hydrogen (secondary N) is 1. The molecule has 0 aliphatic carbocycles. The van der Waals surface area contributed by atoms with Crippen LogP contribution in [0.5, 0.6) is 0 Å². The number of hydrogen-bond donors (Lipinski definition) is 2. The maximum Gasteiger partial charge on any atom is 0.345 e. The second-order valence-electron chi connectivity index (χ2n) is 6.87. The molecule has 0 fully saturated rings. The zero-order valence-electron chi connectivity index (χ0n) is 15.9. The first kappa shape index (κ1) is 18.3. The lowest BCUT2D eigenvalue weighted by Crippen LogP contribution is -2.20. The summed E-state index contributed by atoms with van der Waals surface area (Å²) in [5.74, 6) is 0. The molecule has 0 aliphatic rings. The van der Waals surface area contributed by atoms with Crippen molar-refractivity contribution >= 4 is 16.6 Å². The highest BCUT2D eigenvalue weighted by Crippen LogP contribution is 2.23. The molecule has 4 aromatic rings. The predicted molar refractivity (Wildman–Crippen MR) is 108 cm³/mol. The van der Waals surface area contributed by atoms with Gasteiger partial charge in [0.2, 0.25) is 0 Å². The van der Waals surface area contributed by atoms with E-state index in [1.165, 1.54) is 0 Å². The summed E-state index contributed by atoms with van der Waals surface area (Å²) in [6, 6.07) is 7.69. The molecule has 7 nitrogen and oxygen atoms in total. The van der Waals surface area contributed by atoms with Gasteiger partial charge in [0.25, 0.3) is 0 Å². The molecule has 4 rings (SSSR count). The minimum Gasteiger partial charge on any atom is -0.422 e. The Kier molecular flexibility index (Phi) is 4.93. The van der Waals surface area contributed by atoms with Crippen molar-refractivity contribution in [3.63, 3.8) is 0 Å². The molecule has 0 unspecified atom stereocenters. The topological polar surface area (TPSA) is 92.7 Å². The number of fused-ring (bicyclic) bond motifs is 2. The van der Waals surface area contributed by atoms with Crippen LogP contribution in [0.1, 0.15) is 17.0 Å². The van der Waals surface area contributed by atoms with Crippen LogP contribution in [0.25, 0.3) is 27.9 Å². The molecule has 0 amide bonds. The maximum atomic E-state index is 12.6. The van der Waals surface area contributed by atoms with Crippen LogP contribution in [0.4, 0.5) is 0 Å². The summed E-state index contributed by atoms with van der Waals surface area (Å²) in [7, 11) is 0. The lowest BCUT2D eigenvalue weighted by Gasteiger charge is -2.05. The van der Waals surface area contributed by atoms with Gasteiger partial charge in [-0.1, -0.05) is 12.1 Å². The smallest absolute Gasteiger partial charge is 0.345 e. The molecule has 0 saturated carbocycles. The van der Waals surface area contributed by atoms with Gasteiger partial charge in [-0.3, -0.25) is 4.98 Å². The molecule has 3 heterocycles. The van der Waals surface area contributed by atoms with Gasteiger partial charge in [0.15, 0.2) is 5.65 Å². The molecule has 28 heavy (non-hydrogen) atoms. The van der Waals surface area contributed by atoms with E-state index >= 15 is 0 Å². The molecule has 0 spiro atoms. The van der Waals surface area contributed by atoms with Crippen LogP contribution in [0.15, 0.2) is 45.9 Å². The second kappa shape index (κ2) is 7.53. The minimum absolute atomic E-state index is 0.119. The van der Waals surface area contributed by atoms with Crippen molar-refractivity contribution in [3.05, 3.63) is 64.0 Å². The number of imidazole rings is 1. The number of benzene rings is 1. The van der Waals surface area contributed by atoms with Crippen LogP contribution in [0, 0.1) is 13.8 Å². The summed E-state index contributed by atoms with van der Waals surface area (Å²) in [6.07, 6.45) is 4.51. The van der Waals surface area contributed by atoms with Crippen molar-refractivity contribution in [1.82, 2.24) is 19.7 Å². The number of rotatable bonds is 6. The molecule has 0 radical (unpaired) electrons. The van der Waals surface area contributed by atoms with Crippen molar-refractivity contribution in [2.75, 3.05) is 19.7 Å². The maximum absolute atomic E-state index is 12.6. The fraction of sp³-hybridized carbons (Fsp3) is 0.286. The minimum atomic E-state index is -0.409. The Morgan fingerprint density at radius 1 is 1.14 bits per heavy atom. The van der Waals surface area contributed by atoms with Gasteiger partial charge in [0.05, 0.1) is 29.3 Å². The average Bonchev–Trinajstić information content (AvgIpc) is 3.08. The van der Waals surface area contributed by atoms with Gasteiger partial charge in [0.1, 0.15) is 5.58 Å². The van der Waals surface area contributed by atoms with E-state index in [0.717, 1.165) is 41.0 Å². The summed E-state index contributed by atoms with van der Waals surface area (Å²) in [6.45, 7) is 5.27. The number of aliphatic hydroxyl groups is 1. The van der Waals surface area contributed by atoms with E-state index in [0.29, 0.717) is 23.4 Å². The Morgan fingerprint density at radius 2 is 2.00 bits per heavy atom. The fourth-order valence-corrected chi connectivity index (χ4v) is 3.36. The average molecular weight is 378 g/mol. The summed E-state index contributed by atoms with van der Waals surface area (Å²) in [5.41, 5.74) is 4.66. The Bertz CT molecular complexity index is 1210. The molecule has 3 aromatic heterocycles. The summed E-state index contributed by atoms with van der Waals surface area (Å²) < 4.78 is 7.47. The van der Waals surface area contributed by atoms with Crippen LogP contribution in [0.3, 0.4) is 0 Å². The molecule has 0 saturated heterocycles. The van der Waals surface area contributed by atoms with Crippen LogP contribution >= 0.6 is 0 Å². The van der Waals surface area contributed by atoms with E-state index in [4.69, 9.17) is 9.52 Å². The van der Waals surface area contributed by atoms with E-state index in [9.17, 15) is 4.79 Å². The summed E-state index contributed by atoms with van der Waals surface area (Å²) in [4.78, 5) is 21.6. The van der Waals surface area contributed by atoms with Gasteiger partial charge in [-0.15, -0.1) is 0 Å². The van der Waals surface area contributed by atoms with Gasteiger partial charge < -0.3 is 19.2 Å². The van der Waals surface area contributed by atoms with E-state index in [-0.39, 0.29) is 6.61 Å². The van der Waals surface area contributed by atoms with E-state index in [2.05, 4.69) is 15.3 Å². The Morgan fingerprint density at radius 3 is 2.82 bits per heavy atom. The van der Waals surface area contributed by atoms with Crippen molar-refractivity contribution in [2.45, 2.75) is 20.3 Å². The molecule has 0 atom stereocenters. The van der Waals surface area contributed by atoms with Gasteiger partial charge >= 0.3 is 5.63 Å². The molecule has 1 aromatic carbocycles. The predicted octanol–water partition coefficient (Wildman–Crippen LogP) is 2.24. The van der Waals surface area contributed by atoms with E-state index in [1.54, 1.807) is 0 Å². The highest BCUT2D eigenvalue weighted by atomic mass is 16.4. The highest BCUT2D eigenvalue weighted by Gasteiger charge is 2.13. The number of aryl methyl sites for hydroxylation is 2. The van der Waals surface area contributed by atoms with Crippen molar-refractivity contribution in [3.8, 4) is 11.3 Å². The third kappa shape index (κ3) is 3.54. The zero-order chi connectivity index (χ0) is 19.7. The molecule has 0 bridgehead atoms. The Hall–Kier alpha value is -3.03. The molecule has 2 N–H and O–H groups in total. The second-order valence-corrected chi connectivity index (χ2v) is 6.87. The molecule has 0 aliphatic heterocycles. The fourth-order valence-electron chi connectivity index (χ4n) is 3.36. The van der Waals surface area contributed by atoms with Crippen molar-refractivity contribution < 1.29 is 9.52 Å². The first-order valence-corrected chi connectivity index (χ1v) is 9.27. The van der Waals surface area contributed by atoms with Crippen LogP contribution < -0.4 is 10.9 Å². The summed E-state index contributed by atoms with van der Waals surface area (Å²) in [5, 5.41) is 12.8. The van der Waals surface area contributed by atoms with E-state index in [1.807, 2.05) is 54.9 Å². The van der Waals surface area contributed by atoms with Gasteiger partial charge in [-0.25, -0.2) is 9.78 Å². The SMILES string of the molecule is Cc1cn2cc(-c3cc4ccc(CCNCCO)cc4oc3=O)nc2c(C)n1. The van der Waals surface area contributed by atoms with Crippen LogP contribution in [0.2, 0.25) is 0 Å². The van der Waals surface area contributed by atoms with Crippen molar-refractivity contribution in [1.29, 1.82) is 0 Å². The number of hydrogen-bond acceptors (Lipinski definition) is 6. The van der Waals surface area contributed by atoms with Crippen LogP contribution in [-0.4, -0.2) is 39.2 Å². The first-order chi connectivity index (χ1) is 13.5. The molecular weight excluding hydrogens is 356 g/mol. The van der Waals surface area contributed by atoms with Crippen LogP contribution in [-0.2, 0) is 6.42 Å². The lowest BCUT2D eigenvalue weighted by atomic mass is 10.1. The zero-order valence-corrected chi connectivity index (χ0v) is 15.9. The third-order valence-electron chi connectivity index (χ3n) is 4.68. The number of aliphatic hydroxyl groups excluding tert-OH is 1. The third-order valence-corrected chi connectivity index (χ3v) is 4.68. The van der Waals surface area contributed by atoms with Crippen molar-refractivity contribution in [2.24, 2.45) is 0 Å². The Balaban J connectivity index is 1.70. The number of nitrogens with zero attached hydrogens (tertiary/aromatic N) is 3. The van der Waals surface area contributed by atoms with Gasteiger partial charge in [0, 0.05) is 24.3 Å². The highest BCUT2D eigenvalue weighted by molar-refractivity contribution is 5.81. The molecule has 7 heteroatoms. The quantitative estimate of drug-likeness (QED) is 0.395.